The number of hydrogen-bond donors (Lipinski definition) is 4. The number of thiocarbonyl (C=S) groups is 1. The lowest BCUT2D eigenvalue weighted by molar-refractivity contribution is 0.447. The van der Waals surface area contributed by atoms with Crippen LogP contribution in [0.15, 0.2) is 22.7 Å². The highest BCUT2D eigenvalue weighted by Gasteiger charge is 2.21. The van der Waals surface area contributed by atoms with Gasteiger partial charge in [-0.25, -0.2) is 5.43 Å². The van der Waals surface area contributed by atoms with E-state index in [0.29, 0.717) is 5.11 Å². The van der Waals surface area contributed by atoms with E-state index in [1.165, 1.54) is 0 Å². The van der Waals surface area contributed by atoms with Gasteiger partial charge in [-0.2, -0.15) is 0 Å². The number of halogens is 1. The molecule has 6 heteroatoms. The summed E-state index contributed by atoms with van der Waals surface area (Å²) in [5, 5.41) is 13.1. The Bertz CT molecular complexity index is 385. The van der Waals surface area contributed by atoms with Crippen molar-refractivity contribution >= 4 is 33.3 Å². The van der Waals surface area contributed by atoms with Gasteiger partial charge in [-0.1, -0.05) is 15.9 Å². The molecule has 1 fully saturated rings. The van der Waals surface area contributed by atoms with Crippen LogP contribution >= 0.6 is 28.1 Å². The number of rotatable bonds is 1. The fourth-order valence-electron chi connectivity index (χ4n) is 1.25. The number of phenols is 1. The lowest BCUT2D eigenvalue weighted by Gasteiger charge is -2.11. The van der Waals surface area contributed by atoms with E-state index < -0.39 is 0 Å². The Morgan fingerprint density at radius 1 is 1.43 bits per heavy atom. The van der Waals surface area contributed by atoms with E-state index in [2.05, 4.69) is 32.1 Å². The second-order valence-electron chi connectivity index (χ2n) is 2.88. The van der Waals surface area contributed by atoms with E-state index in [1.54, 1.807) is 12.1 Å². The second-order valence-corrected chi connectivity index (χ2v) is 4.20. The first-order valence-electron chi connectivity index (χ1n) is 3.97. The molecule has 0 amide bonds. The Balaban J connectivity index is 2.31. The topological polar surface area (TPSA) is 56.3 Å². The molecule has 1 aromatic carbocycles. The first-order chi connectivity index (χ1) is 6.66. The molecule has 14 heavy (non-hydrogen) atoms. The predicted molar refractivity (Wildman–Crippen MR) is 60.6 cm³/mol. The lowest BCUT2D eigenvalue weighted by atomic mass is 10.1. The van der Waals surface area contributed by atoms with Crippen LogP contribution in [0, 0.1) is 0 Å². The standard InChI is InChI=1S/C8H8BrN3OS/c9-4-1-2-6(13)5(3-4)7-10-8(14)12-11-7/h1-3,7,11,13H,(H2,10,12,14). The van der Waals surface area contributed by atoms with E-state index in [1.807, 2.05) is 6.07 Å². The summed E-state index contributed by atoms with van der Waals surface area (Å²) in [6, 6.07) is 5.24. The van der Waals surface area contributed by atoms with Crippen LogP contribution in [0.5, 0.6) is 5.75 Å². The predicted octanol–water partition coefficient (Wildman–Crippen LogP) is 1.14. The Kier molecular flexibility index (Phi) is 2.58. The fraction of sp³-hybridized carbons (Fsp3) is 0.125. The van der Waals surface area contributed by atoms with E-state index in [0.717, 1.165) is 10.0 Å². The number of hydrogen-bond acceptors (Lipinski definition) is 3. The Labute approximate surface area is 94.8 Å². The van der Waals surface area contributed by atoms with E-state index in [-0.39, 0.29) is 11.9 Å². The molecule has 4 nitrogen and oxygen atoms in total. The minimum atomic E-state index is -0.194. The van der Waals surface area contributed by atoms with Gasteiger partial charge in [0, 0.05) is 10.0 Å². The van der Waals surface area contributed by atoms with Crippen molar-refractivity contribution in [2.75, 3.05) is 0 Å². The van der Waals surface area contributed by atoms with Crippen molar-refractivity contribution in [3.63, 3.8) is 0 Å². The average Bonchev–Trinajstić information content (AvgIpc) is 2.56. The van der Waals surface area contributed by atoms with Gasteiger partial charge in [-0.3, -0.25) is 5.43 Å². The maximum atomic E-state index is 9.61. The zero-order valence-corrected chi connectivity index (χ0v) is 9.45. The molecule has 1 aliphatic heterocycles. The third-order valence-electron chi connectivity index (χ3n) is 1.91. The monoisotopic (exact) mass is 273 g/mol. The molecule has 4 N–H and O–H groups in total. The molecule has 1 saturated heterocycles. The molecule has 1 unspecified atom stereocenters. The van der Waals surface area contributed by atoms with Crippen LogP contribution in [0.2, 0.25) is 0 Å². The average molecular weight is 274 g/mol. The van der Waals surface area contributed by atoms with Gasteiger partial charge in [0.15, 0.2) is 5.11 Å². The van der Waals surface area contributed by atoms with Crippen LogP contribution < -0.4 is 16.2 Å². The zero-order valence-electron chi connectivity index (χ0n) is 7.04. The molecule has 1 aliphatic rings. The maximum Gasteiger partial charge on any atom is 0.182 e. The summed E-state index contributed by atoms with van der Waals surface area (Å²) in [6.45, 7) is 0. The van der Waals surface area contributed by atoms with Crippen molar-refractivity contribution in [2.45, 2.75) is 6.17 Å². The van der Waals surface area contributed by atoms with Crippen LogP contribution in [0.3, 0.4) is 0 Å². The van der Waals surface area contributed by atoms with Gasteiger partial charge in [-0.05, 0) is 30.4 Å². The molecular formula is C8H8BrN3OS. The van der Waals surface area contributed by atoms with Gasteiger partial charge in [0.2, 0.25) is 0 Å². The molecule has 0 saturated carbocycles. The van der Waals surface area contributed by atoms with Crippen molar-refractivity contribution in [3.05, 3.63) is 28.2 Å². The van der Waals surface area contributed by atoms with Gasteiger partial charge in [0.05, 0.1) is 0 Å². The van der Waals surface area contributed by atoms with Crippen molar-refractivity contribution in [1.82, 2.24) is 16.2 Å². The number of benzene rings is 1. The minimum absolute atomic E-state index is 0.194. The summed E-state index contributed by atoms with van der Waals surface area (Å²) in [5.41, 5.74) is 6.41. The molecule has 74 valence electrons. The molecule has 0 aliphatic carbocycles. The molecule has 1 heterocycles. The van der Waals surface area contributed by atoms with Crippen LogP contribution in [0.1, 0.15) is 11.7 Å². The van der Waals surface area contributed by atoms with Crippen LogP contribution in [0.4, 0.5) is 0 Å². The Morgan fingerprint density at radius 2 is 2.21 bits per heavy atom. The summed E-state index contributed by atoms with van der Waals surface area (Å²) in [6.07, 6.45) is -0.194. The smallest absolute Gasteiger partial charge is 0.182 e. The van der Waals surface area contributed by atoms with Gasteiger partial charge >= 0.3 is 0 Å². The zero-order chi connectivity index (χ0) is 10.1. The van der Waals surface area contributed by atoms with Gasteiger partial charge in [0.1, 0.15) is 11.9 Å². The summed E-state index contributed by atoms with van der Waals surface area (Å²) < 4.78 is 0.909. The summed E-state index contributed by atoms with van der Waals surface area (Å²) >= 11 is 8.23. The first-order valence-corrected chi connectivity index (χ1v) is 5.17. The Hall–Kier alpha value is -0.850. The van der Waals surface area contributed by atoms with E-state index >= 15 is 0 Å². The van der Waals surface area contributed by atoms with Crippen LogP contribution in [-0.2, 0) is 0 Å². The van der Waals surface area contributed by atoms with Crippen molar-refractivity contribution in [3.8, 4) is 5.75 Å². The summed E-state index contributed by atoms with van der Waals surface area (Å²) in [4.78, 5) is 0. The molecule has 2 rings (SSSR count). The Morgan fingerprint density at radius 3 is 2.86 bits per heavy atom. The summed E-state index contributed by atoms with van der Waals surface area (Å²) in [5.74, 6) is 0.227. The third kappa shape index (κ3) is 1.82. The van der Waals surface area contributed by atoms with E-state index in [4.69, 9.17) is 12.2 Å². The second kappa shape index (κ2) is 3.72. The number of nitrogens with one attached hydrogen (secondary N) is 3. The quantitative estimate of drug-likeness (QED) is 0.579. The lowest BCUT2D eigenvalue weighted by Crippen LogP contribution is -2.26. The van der Waals surface area contributed by atoms with Gasteiger partial charge < -0.3 is 10.4 Å². The number of hydrazine groups is 1. The highest BCUT2D eigenvalue weighted by molar-refractivity contribution is 9.10. The van der Waals surface area contributed by atoms with Crippen LogP contribution in [0.25, 0.3) is 0 Å². The minimum Gasteiger partial charge on any atom is -0.508 e. The highest BCUT2D eigenvalue weighted by atomic mass is 79.9. The van der Waals surface area contributed by atoms with Gasteiger partial charge in [0.25, 0.3) is 0 Å². The molecule has 0 radical (unpaired) electrons. The molecular weight excluding hydrogens is 266 g/mol. The maximum absolute atomic E-state index is 9.61. The summed E-state index contributed by atoms with van der Waals surface area (Å²) in [7, 11) is 0. The largest absolute Gasteiger partial charge is 0.508 e. The molecule has 0 spiro atoms. The third-order valence-corrected chi connectivity index (χ3v) is 2.62. The van der Waals surface area contributed by atoms with Crippen molar-refractivity contribution in [2.24, 2.45) is 0 Å². The number of aromatic hydroxyl groups is 1. The molecule has 0 bridgehead atoms. The fourth-order valence-corrected chi connectivity index (χ4v) is 1.81. The highest BCUT2D eigenvalue weighted by Crippen LogP contribution is 2.26. The van der Waals surface area contributed by atoms with Crippen molar-refractivity contribution in [1.29, 1.82) is 0 Å². The SMILES string of the molecule is Oc1ccc(Br)cc1C1NNC(=S)N1. The molecule has 0 aromatic heterocycles. The van der Waals surface area contributed by atoms with Gasteiger partial charge in [-0.15, -0.1) is 0 Å². The van der Waals surface area contributed by atoms with E-state index in [9.17, 15) is 5.11 Å². The molecule has 1 aromatic rings. The molecule has 1 atom stereocenters. The normalized spacial score (nSPS) is 20.4. The number of phenolic OH excluding ortho intramolecular Hbond substituents is 1. The van der Waals surface area contributed by atoms with Crippen molar-refractivity contribution < 1.29 is 5.11 Å². The van der Waals surface area contributed by atoms with Crippen LogP contribution in [-0.4, -0.2) is 10.2 Å². The first kappa shape index (κ1) is 9.70.